The van der Waals surface area contributed by atoms with Crippen molar-refractivity contribution in [3.05, 3.63) is 53.1 Å². The number of rotatable bonds is 7. The molecule has 1 aliphatic rings. The molecule has 0 spiro atoms. The highest BCUT2D eigenvalue weighted by Crippen LogP contribution is 2.30. The van der Waals surface area contributed by atoms with Crippen LogP contribution in [0, 0.1) is 5.92 Å². The van der Waals surface area contributed by atoms with Crippen LogP contribution in [0.15, 0.2) is 47.4 Å². The van der Waals surface area contributed by atoms with Gasteiger partial charge in [0.25, 0.3) is 0 Å². The fourth-order valence-corrected chi connectivity index (χ4v) is 5.51. The summed E-state index contributed by atoms with van der Waals surface area (Å²) in [5, 5.41) is 3.23. The van der Waals surface area contributed by atoms with Crippen molar-refractivity contribution in [2.45, 2.75) is 30.7 Å². The summed E-state index contributed by atoms with van der Waals surface area (Å²) in [6.07, 6.45) is 1.24. The number of carbonyl (C=O) groups excluding carboxylic acids is 1. The predicted molar refractivity (Wildman–Crippen MR) is 119 cm³/mol. The molecule has 1 fully saturated rings. The lowest BCUT2D eigenvalue weighted by molar-refractivity contribution is -0.126. The zero-order valence-electron chi connectivity index (χ0n) is 17.8. The van der Waals surface area contributed by atoms with E-state index in [1.54, 1.807) is 7.11 Å². The second-order valence-electron chi connectivity index (χ2n) is 7.50. The minimum Gasteiger partial charge on any atom is -0.497 e. The van der Waals surface area contributed by atoms with Gasteiger partial charge in [-0.05, 0) is 55.7 Å². The molecule has 0 saturated carbocycles. The Balaban J connectivity index is 1.68. The van der Waals surface area contributed by atoms with E-state index >= 15 is 0 Å². The number of nitrogens with one attached hydrogen (secondary N) is 1. The summed E-state index contributed by atoms with van der Waals surface area (Å²) < 4.78 is 37.8. The zero-order valence-corrected chi connectivity index (χ0v) is 19.4. The highest BCUT2D eigenvalue weighted by molar-refractivity contribution is 7.89. The van der Waals surface area contributed by atoms with Gasteiger partial charge in [0.05, 0.1) is 36.1 Å². The quantitative estimate of drug-likeness (QED) is 0.673. The van der Waals surface area contributed by atoms with E-state index in [4.69, 9.17) is 21.1 Å². The first-order chi connectivity index (χ1) is 14.8. The van der Waals surface area contributed by atoms with Crippen LogP contribution in [0.4, 0.5) is 0 Å². The Morgan fingerprint density at radius 3 is 2.48 bits per heavy atom. The van der Waals surface area contributed by atoms with E-state index in [2.05, 4.69) is 5.32 Å². The highest BCUT2D eigenvalue weighted by Gasteiger charge is 2.34. The molecule has 0 aromatic heterocycles. The number of benzene rings is 2. The molecule has 1 amide bonds. The molecule has 0 aliphatic carbocycles. The molecule has 1 heterocycles. The van der Waals surface area contributed by atoms with Crippen molar-refractivity contribution in [1.82, 2.24) is 9.62 Å². The molecule has 7 nitrogen and oxygen atoms in total. The van der Waals surface area contributed by atoms with Gasteiger partial charge < -0.3 is 14.8 Å². The van der Waals surface area contributed by atoms with Crippen molar-refractivity contribution in [2.24, 2.45) is 5.92 Å². The summed E-state index contributed by atoms with van der Waals surface area (Å²) in [6.45, 7) is 2.40. The van der Waals surface area contributed by atoms with E-state index in [-0.39, 0.29) is 28.4 Å². The average molecular weight is 467 g/mol. The van der Waals surface area contributed by atoms with E-state index in [0.717, 1.165) is 11.3 Å². The molecule has 0 radical (unpaired) electrons. The maximum Gasteiger partial charge on any atom is 0.243 e. The molecular formula is C22H27ClN2O5S. The smallest absolute Gasteiger partial charge is 0.243 e. The summed E-state index contributed by atoms with van der Waals surface area (Å²) in [5.74, 6) is 0.576. The van der Waals surface area contributed by atoms with Gasteiger partial charge in [-0.1, -0.05) is 23.7 Å². The monoisotopic (exact) mass is 466 g/mol. The van der Waals surface area contributed by atoms with Crippen LogP contribution < -0.4 is 14.8 Å². The van der Waals surface area contributed by atoms with Gasteiger partial charge in [-0.2, -0.15) is 4.31 Å². The molecule has 1 N–H and O–H groups in total. The second-order valence-corrected chi connectivity index (χ2v) is 9.85. The first-order valence-electron chi connectivity index (χ1n) is 10.0. The number of hydrogen-bond acceptors (Lipinski definition) is 5. The molecule has 1 aliphatic heterocycles. The van der Waals surface area contributed by atoms with E-state index < -0.39 is 15.9 Å². The van der Waals surface area contributed by atoms with E-state index in [1.165, 1.54) is 29.6 Å². The van der Waals surface area contributed by atoms with Gasteiger partial charge in [0, 0.05) is 13.1 Å². The molecule has 3 rings (SSSR count). The Morgan fingerprint density at radius 1 is 1.16 bits per heavy atom. The molecule has 31 heavy (non-hydrogen) atoms. The van der Waals surface area contributed by atoms with Crippen molar-refractivity contribution in [3.63, 3.8) is 0 Å². The zero-order chi connectivity index (χ0) is 22.6. The Morgan fingerprint density at radius 2 is 1.87 bits per heavy atom. The maximum atomic E-state index is 13.1. The summed E-state index contributed by atoms with van der Waals surface area (Å²) in [5.41, 5.74) is 0.947. The van der Waals surface area contributed by atoms with Crippen molar-refractivity contribution < 1.29 is 22.7 Å². The maximum absolute atomic E-state index is 13.1. The molecule has 2 atom stereocenters. The number of carbonyl (C=O) groups is 1. The SMILES string of the molecule is COc1ccc([C@@H](C)NC(=O)[C@@H]2CCCN(S(=O)(=O)c3ccc(OC)c(Cl)c3)C2)cc1. The number of nitrogens with zero attached hydrogens (tertiary/aromatic N) is 1. The van der Waals surface area contributed by atoms with Crippen molar-refractivity contribution in [2.75, 3.05) is 27.3 Å². The Labute approximate surface area is 188 Å². The third kappa shape index (κ3) is 5.31. The highest BCUT2D eigenvalue weighted by atomic mass is 35.5. The third-order valence-corrected chi connectivity index (χ3v) is 7.65. The number of amides is 1. The van der Waals surface area contributed by atoms with E-state index in [9.17, 15) is 13.2 Å². The third-order valence-electron chi connectivity index (χ3n) is 5.49. The number of methoxy groups -OCH3 is 2. The summed E-state index contributed by atoms with van der Waals surface area (Å²) in [6, 6.07) is 11.6. The van der Waals surface area contributed by atoms with Gasteiger partial charge in [0.1, 0.15) is 11.5 Å². The number of hydrogen-bond donors (Lipinski definition) is 1. The topological polar surface area (TPSA) is 84.9 Å². The Hall–Kier alpha value is -2.29. The second kappa shape index (κ2) is 9.89. The first kappa shape index (κ1) is 23.4. The molecule has 0 unspecified atom stereocenters. The van der Waals surface area contributed by atoms with Crippen LogP contribution in [0.2, 0.25) is 5.02 Å². The van der Waals surface area contributed by atoms with Gasteiger partial charge in [-0.15, -0.1) is 0 Å². The molecule has 2 aromatic rings. The normalized spacial score (nSPS) is 18.3. The lowest BCUT2D eigenvalue weighted by atomic mass is 9.98. The van der Waals surface area contributed by atoms with Crippen LogP contribution in [0.25, 0.3) is 0 Å². The first-order valence-corrected chi connectivity index (χ1v) is 11.9. The Bertz CT molecular complexity index is 1030. The number of ether oxygens (including phenoxy) is 2. The van der Waals surface area contributed by atoms with Crippen molar-refractivity contribution in [1.29, 1.82) is 0 Å². The number of halogens is 1. The van der Waals surface area contributed by atoms with Crippen LogP contribution in [-0.4, -0.2) is 45.9 Å². The largest absolute Gasteiger partial charge is 0.497 e. The standard InChI is InChI=1S/C22H27ClN2O5S/c1-15(16-6-8-18(29-2)9-7-16)24-22(26)17-5-4-12-25(14-17)31(27,28)19-10-11-21(30-3)20(23)13-19/h6-11,13,15,17H,4-5,12,14H2,1-3H3,(H,24,26)/t15-,17-/m1/s1. The van der Waals surface area contributed by atoms with Gasteiger partial charge >= 0.3 is 0 Å². The molecule has 9 heteroatoms. The van der Waals surface area contributed by atoms with Gasteiger partial charge in [-0.3, -0.25) is 4.79 Å². The molecule has 168 valence electrons. The summed E-state index contributed by atoms with van der Waals surface area (Å²) in [4.78, 5) is 12.9. The van der Waals surface area contributed by atoms with Gasteiger partial charge in [0.15, 0.2) is 0 Å². The number of piperidine rings is 1. The molecule has 1 saturated heterocycles. The van der Waals surface area contributed by atoms with Crippen LogP contribution in [0.1, 0.15) is 31.4 Å². The van der Waals surface area contributed by atoms with Gasteiger partial charge in [0.2, 0.25) is 15.9 Å². The van der Waals surface area contributed by atoms with Crippen LogP contribution in [-0.2, 0) is 14.8 Å². The molecule has 0 bridgehead atoms. The predicted octanol–water partition coefficient (Wildman–Crippen LogP) is 3.64. The lowest BCUT2D eigenvalue weighted by Gasteiger charge is -2.32. The minimum absolute atomic E-state index is 0.0889. The minimum atomic E-state index is -3.76. The molecular weight excluding hydrogens is 440 g/mol. The molecule has 2 aromatic carbocycles. The lowest BCUT2D eigenvalue weighted by Crippen LogP contribution is -2.45. The van der Waals surface area contributed by atoms with Crippen LogP contribution >= 0.6 is 11.6 Å². The van der Waals surface area contributed by atoms with Crippen LogP contribution in [0.3, 0.4) is 0 Å². The Kier molecular flexibility index (Phi) is 7.46. The fraction of sp³-hybridized carbons (Fsp3) is 0.409. The van der Waals surface area contributed by atoms with Crippen LogP contribution in [0.5, 0.6) is 11.5 Å². The summed E-state index contributed by atoms with van der Waals surface area (Å²) >= 11 is 6.11. The number of sulfonamides is 1. The van der Waals surface area contributed by atoms with Gasteiger partial charge in [-0.25, -0.2) is 8.42 Å². The van der Waals surface area contributed by atoms with E-state index in [1.807, 2.05) is 31.2 Å². The average Bonchev–Trinajstić information content (AvgIpc) is 2.79. The van der Waals surface area contributed by atoms with Crippen molar-refractivity contribution in [3.8, 4) is 11.5 Å². The summed E-state index contributed by atoms with van der Waals surface area (Å²) in [7, 11) is -0.696. The van der Waals surface area contributed by atoms with Crippen molar-refractivity contribution >= 4 is 27.5 Å². The van der Waals surface area contributed by atoms with E-state index in [0.29, 0.717) is 25.1 Å². The fourth-order valence-electron chi connectivity index (χ4n) is 3.64.